The van der Waals surface area contributed by atoms with Gasteiger partial charge in [-0.3, -0.25) is 0 Å². The van der Waals surface area contributed by atoms with Crippen molar-refractivity contribution in [2.24, 2.45) is 34.5 Å². The van der Waals surface area contributed by atoms with Gasteiger partial charge in [-0.2, -0.15) is 0 Å². The number of hydrogen-bond acceptors (Lipinski definition) is 0. The highest BCUT2D eigenvalue weighted by Crippen LogP contribution is 2.72. The van der Waals surface area contributed by atoms with Crippen LogP contribution in [0, 0.1) is 34.5 Å². The Bertz CT molecular complexity index is 286. The fraction of sp³-hybridized carbons (Fsp3) is 1.00. The highest BCUT2D eigenvalue weighted by Gasteiger charge is 2.65. The van der Waals surface area contributed by atoms with E-state index >= 15 is 0 Å². The smallest absolute Gasteiger partial charge is 0.0238 e. The van der Waals surface area contributed by atoms with E-state index in [1.54, 1.807) is 0 Å². The first-order valence-electron chi connectivity index (χ1n) is 8.35. The van der Waals surface area contributed by atoms with E-state index in [9.17, 15) is 0 Å². The summed E-state index contributed by atoms with van der Waals surface area (Å²) in [4.78, 5) is 0. The topological polar surface area (TPSA) is 0 Å². The maximum absolute atomic E-state index is 2.55. The molecule has 2 aliphatic carbocycles. The van der Waals surface area contributed by atoms with Gasteiger partial charge in [0.25, 0.3) is 0 Å². The third kappa shape index (κ3) is 2.25. The van der Waals surface area contributed by atoms with Crippen LogP contribution in [0.15, 0.2) is 0 Å². The van der Waals surface area contributed by atoms with Crippen molar-refractivity contribution in [3.63, 3.8) is 0 Å². The summed E-state index contributed by atoms with van der Waals surface area (Å²) in [6.07, 6.45) is 8.74. The Morgan fingerprint density at radius 1 is 1.11 bits per heavy atom. The molecule has 2 fully saturated rings. The summed E-state index contributed by atoms with van der Waals surface area (Å²) in [5.41, 5.74) is 1.31. The van der Waals surface area contributed by atoms with Gasteiger partial charge < -0.3 is 0 Å². The van der Waals surface area contributed by atoms with Gasteiger partial charge >= 0.3 is 0 Å². The molecular weight excluding hydrogens is 216 g/mol. The summed E-state index contributed by atoms with van der Waals surface area (Å²) in [6.45, 7) is 14.7. The van der Waals surface area contributed by atoms with E-state index in [1.165, 1.54) is 38.5 Å². The maximum atomic E-state index is 2.55. The van der Waals surface area contributed by atoms with Crippen LogP contribution in [-0.4, -0.2) is 0 Å². The molecule has 0 heterocycles. The largest absolute Gasteiger partial charge is 0.0651 e. The van der Waals surface area contributed by atoms with Crippen molar-refractivity contribution in [3.8, 4) is 0 Å². The fourth-order valence-corrected chi connectivity index (χ4v) is 4.76. The third-order valence-corrected chi connectivity index (χ3v) is 7.08. The molecule has 0 spiro atoms. The Morgan fingerprint density at radius 2 is 1.67 bits per heavy atom. The summed E-state index contributed by atoms with van der Waals surface area (Å²) in [5.74, 6) is 4.05. The highest BCUT2D eigenvalue weighted by atomic mass is 14.7. The first kappa shape index (κ1) is 14.4. The molecule has 0 saturated heterocycles. The van der Waals surface area contributed by atoms with Crippen LogP contribution in [0.3, 0.4) is 0 Å². The van der Waals surface area contributed by atoms with Gasteiger partial charge in [-0.25, -0.2) is 0 Å². The molecule has 2 saturated carbocycles. The number of rotatable bonds is 6. The second-order valence-corrected chi connectivity index (χ2v) is 8.20. The van der Waals surface area contributed by atoms with Crippen LogP contribution in [0.2, 0.25) is 0 Å². The van der Waals surface area contributed by atoms with Crippen LogP contribution in [-0.2, 0) is 0 Å². The molecular formula is C18H34. The van der Waals surface area contributed by atoms with Gasteiger partial charge in [0.05, 0.1) is 0 Å². The van der Waals surface area contributed by atoms with Crippen molar-refractivity contribution >= 4 is 0 Å². The van der Waals surface area contributed by atoms with Gasteiger partial charge in [0.15, 0.2) is 0 Å². The molecule has 0 heteroatoms. The lowest BCUT2D eigenvalue weighted by molar-refractivity contribution is 0.00719. The van der Waals surface area contributed by atoms with Crippen LogP contribution < -0.4 is 0 Å². The van der Waals surface area contributed by atoms with Crippen LogP contribution in [0.5, 0.6) is 0 Å². The van der Waals surface area contributed by atoms with Crippen molar-refractivity contribution < 1.29 is 0 Å². The van der Waals surface area contributed by atoms with Crippen molar-refractivity contribution in [1.29, 1.82) is 0 Å². The van der Waals surface area contributed by atoms with Crippen LogP contribution in [0.25, 0.3) is 0 Å². The normalized spacial score (nSPS) is 41.8. The summed E-state index contributed by atoms with van der Waals surface area (Å²) >= 11 is 0. The Labute approximate surface area is 115 Å². The molecule has 0 nitrogen and oxygen atoms in total. The molecule has 0 aromatic rings. The van der Waals surface area contributed by atoms with E-state index in [0.717, 1.165) is 23.7 Å². The quantitative estimate of drug-likeness (QED) is 0.549. The predicted molar refractivity (Wildman–Crippen MR) is 80.6 cm³/mol. The van der Waals surface area contributed by atoms with Gasteiger partial charge in [-0.05, 0) is 53.8 Å². The van der Waals surface area contributed by atoms with E-state index in [1.807, 2.05) is 0 Å². The fourth-order valence-electron chi connectivity index (χ4n) is 4.76. The van der Waals surface area contributed by atoms with Crippen LogP contribution in [0.4, 0.5) is 0 Å². The predicted octanol–water partition coefficient (Wildman–Crippen LogP) is 5.91. The molecule has 0 aromatic heterocycles. The minimum atomic E-state index is 0.631. The zero-order valence-electron chi connectivity index (χ0n) is 13.6. The first-order valence-corrected chi connectivity index (χ1v) is 8.35. The zero-order valence-corrected chi connectivity index (χ0v) is 13.6. The van der Waals surface area contributed by atoms with E-state index in [4.69, 9.17) is 0 Å². The highest BCUT2D eigenvalue weighted by molar-refractivity contribution is 5.14. The third-order valence-electron chi connectivity index (χ3n) is 7.08. The summed E-state index contributed by atoms with van der Waals surface area (Å²) < 4.78 is 0. The summed E-state index contributed by atoms with van der Waals surface area (Å²) in [6, 6.07) is 0. The zero-order chi connectivity index (χ0) is 13.6. The molecule has 0 aromatic carbocycles. The lowest BCUT2D eigenvalue weighted by Crippen LogP contribution is -2.41. The molecule has 0 aliphatic heterocycles. The minimum Gasteiger partial charge on any atom is -0.0651 e. The monoisotopic (exact) mass is 250 g/mol. The van der Waals surface area contributed by atoms with E-state index < -0.39 is 0 Å². The Morgan fingerprint density at radius 3 is 2.06 bits per heavy atom. The summed E-state index contributed by atoms with van der Waals surface area (Å²) in [5, 5.41) is 0. The average molecular weight is 250 g/mol. The molecule has 0 radical (unpaired) electrons. The van der Waals surface area contributed by atoms with Crippen molar-refractivity contribution in [2.45, 2.75) is 80.1 Å². The second kappa shape index (κ2) is 4.84. The molecule has 4 unspecified atom stereocenters. The molecule has 18 heavy (non-hydrogen) atoms. The summed E-state index contributed by atoms with van der Waals surface area (Å²) in [7, 11) is 0. The van der Waals surface area contributed by atoms with E-state index in [-0.39, 0.29) is 0 Å². The standard InChI is InChI=1S/C18H34/c1-7-14(8-2)9-10-15-11-16(13(15)3)18(6)12-17(18,4)5/h13-16H,7-12H2,1-6H3. The molecule has 2 aliphatic rings. The van der Waals surface area contributed by atoms with Gasteiger partial charge in [0.1, 0.15) is 0 Å². The molecule has 106 valence electrons. The maximum Gasteiger partial charge on any atom is -0.0238 e. The number of hydrogen-bond donors (Lipinski definition) is 0. The van der Waals surface area contributed by atoms with Crippen molar-refractivity contribution in [1.82, 2.24) is 0 Å². The molecule has 4 atom stereocenters. The average Bonchev–Trinajstić information content (AvgIpc) is 2.81. The van der Waals surface area contributed by atoms with Crippen LogP contribution in [0.1, 0.15) is 80.1 Å². The van der Waals surface area contributed by atoms with Crippen molar-refractivity contribution in [2.75, 3.05) is 0 Å². The molecule has 0 bridgehead atoms. The minimum absolute atomic E-state index is 0.631. The molecule has 0 N–H and O–H groups in total. The lowest BCUT2D eigenvalue weighted by Gasteiger charge is -2.48. The lowest BCUT2D eigenvalue weighted by atomic mass is 9.57. The molecule has 2 rings (SSSR count). The van der Waals surface area contributed by atoms with Crippen molar-refractivity contribution in [3.05, 3.63) is 0 Å². The SMILES string of the molecule is CCC(CC)CCC1CC(C2(C)CC2(C)C)C1C. The van der Waals surface area contributed by atoms with Gasteiger partial charge in [-0.15, -0.1) is 0 Å². The Kier molecular flexibility index (Phi) is 3.87. The van der Waals surface area contributed by atoms with Crippen LogP contribution >= 0.6 is 0 Å². The van der Waals surface area contributed by atoms with Gasteiger partial charge in [0.2, 0.25) is 0 Å². The first-order chi connectivity index (χ1) is 8.35. The molecule has 0 amide bonds. The van der Waals surface area contributed by atoms with Gasteiger partial charge in [-0.1, -0.05) is 60.8 Å². The van der Waals surface area contributed by atoms with E-state index in [0.29, 0.717) is 10.8 Å². The Hall–Kier alpha value is 0. The Balaban J connectivity index is 1.77. The van der Waals surface area contributed by atoms with Gasteiger partial charge in [0, 0.05) is 0 Å². The van der Waals surface area contributed by atoms with E-state index in [2.05, 4.69) is 41.5 Å². The second-order valence-electron chi connectivity index (χ2n) is 8.20.